The van der Waals surface area contributed by atoms with Crippen molar-refractivity contribution in [2.24, 2.45) is 0 Å². The molecule has 5 rings (SSSR count). The summed E-state index contributed by atoms with van der Waals surface area (Å²) in [7, 11) is -3.81. The molecule has 0 radical (unpaired) electrons. The topological polar surface area (TPSA) is 195 Å². The SMILES string of the molecule is Cc1ccncc1-c1cc(N)c2cnc(NC(=O)C(=O)NC3(C#N)CN(S(=O)(=O)Cc4ccc(C#N)cc4)C3)cc2c1. The molecule has 0 aliphatic carbocycles. The highest BCUT2D eigenvalue weighted by molar-refractivity contribution is 7.88. The van der Waals surface area contributed by atoms with E-state index in [0.29, 0.717) is 27.6 Å². The number of amides is 2. The standard InChI is InChI=1S/C29H24N8O4S/c1-18-6-7-33-12-23(18)21-8-22-10-26(34-13-24(22)25(32)9-21)35-27(38)28(39)36-29(15-31)16-37(17-29)42(40,41)14-20-4-2-19(11-30)3-5-20/h2-10,12-13H,14,16-17,32H2,1H3,(H,36,39)(H,34,35,38). The Morgan fingerprint density at radius 3 is 2.48 bits per heavy atom. The zero-order valence-corrected chi connectivity index (χ0v) is 23.1. The number of anilines is 2. The lowest BCUT2D eigenvalue weighted by Crippen LogP contribution is -2.71. The number of nitrogens with zero attached hydrogens (tertiary/aromatic N) is 5. The van der Waals surface area contributed by atoms with Gasteiger partial charge in [0.15, 0.2) is 5.54 Å². The number of hydrogen-bond acceptors (Lipinski definition) is 9. The maximum atomic E-state index is 12.8. The molecule has 210 valence electrons. The molecule has 0 saturated carbocycles. The van der Waals surface area contributed by atoms with Crippen LogP contribution in [-0.4, -0.2) is 53.1 Å². The van der Waals surface area contributed by atoms with Crippen molar-refractivity contribution in [2.75, 3.05) is 24.1 Å². The summed E-state index contributed by atoms with van der Waals surface area (Å²) in [6.45, 7) is 1.32. The van der Waals surface area contributed by atoms with E-state index < -0.39 is 27.4 Å². The van der Waals surface area contributed by atoms with Gasteiger partial charge < -0.3 is 16.4 Å². The van der Waals surface area contributed by atoms with Crippen LogP contribution in [0.2, 0.25) is 0 Å². The second-order valence-electron chi connectivity index (χ2n) is 9.98. The Balaban J connectivity index is 1.25. The highest BCUT2D eigenvalue weighted by Gasteiger charge is 2.50. The molecular weight excluding hydrogens is 556 g/mol. The molecule has 4 aromatic rings. The van der Waals surface area contributed by atoms with Crippen molar-refractivity contribution in [1.82, 2.24) is 19.6 Å². The second kappa shape index (κ2) is 10.9. The van der Waals surface area contributed by atoms with Gasteiger partial charge in [-0.3, -0.25) is 14.6 Å². The molecule has 2 aromatic heterocycles. The van der Waals surface area contributed by atoms with Crippen molar-refractivity contribution >= 4 is 44.1 Å². The largest absolute Gasteiger partial charge is 0.398 e. The molecule has 13 heteroatoms. The van der Waals surface area contributed by atoms with Crippen LogP contribution in [0.4, 0.5) is 11.5 Å². The Kier molecular flexibility index (Phi) is 7.31. The van der Waals surface area contributed by atoms with E-state index in [1.165, 1.54) is 30.5 Å². The number of carbonyl (C=O) groups is 2. The number of sulfonamides is 1. The van der Waals surface area contributed by atoms with Crippen LogP contribution in [0.25, 0.3) is 21.9 Å². The van der Waals surface area contributed by atoms with E-state index in [4.69, 9.17) is 11.0 Å². The first-order valence-electron chi connectivity index (χ1n) is 12.6. The summed E-state index contributed by atoms with van der Waals surface area (Å²) >= 11 is 0. The molecule has 4 N–H and O–H groups in total. The predicted molar refractivity (Wildman–Crippen MR) is 155 cm³/mol. The van der Waals surface area contributed by atoms with Gasteiger partial charge in [-0.2, -0.15) is 14.8 Å². The Morgan fingerprint density at radius 2 is 1.81 bits per heavy atom. The molecule has 0 bridgehead atoms. The summed E-state index contributed by atoms with van der Waals surface area (Å²) in [5.74, 6) is -2.42. The third-order valence-corrected chi connectivity index (χ3v) is 8.69. The first-order chi connectivity index (χ1) is 20.0. The fourth-order valence-electron chi connectivity index (χ4n) is 4.63. The molecule has 1 fully saturated rings. The van der Waals surface area contributed by atoms with Crippen molar-refractivity contribution in [2.45, 2.75) is 18.2 Å². The third-order valence-electron chi connectivity index (χ3n) is 6.95. The Bertz CT molecular complexity index is 1920. The van der Waals surface area contributed by atoms with Gasteiger partial charge in [0.25, 0.3) is 0 Å². The van der Waals surface area contributed by atoms with Crippen LogP contribution in [0.1, 0.15) is 16.7 Å². The van der Waals surface area contributed by atoms with Crippen LogP contribution in [0, 0.1) is 29.6 Å². The van der Waals surface area contributed by atoms with Crippen LogP contribution < -0.4 is 16.4 Å². The molecule has 0 atom stereocenters. The molecule has 0 unspecified atom stereocenters. The average Bonchev–Trinajstić information content (AvgIpc) is 2.94. The number of nitrogen functional groups attached to an aromatic ring is 1. The summed E-state index contributed by atoms with van der Waals surface area (Å²) in [4.78, 5) is 33.7. The van der Waals surface area contributed by atoms with Crippen LogP contribution >= 0.6 is 0 Å². The van der Waals surface area contributed by atoms with Crippen molar-refractivity contribution < 1.29 is 18.0 Å². The van der Waals surface area contributed by atoms with E-state index in [1.54, 1.807) is 18.5 Å². The monoisotopic (exact) mass is 580 g/mol. The number of aryl methyl sites for hydroxylation is 1. The highest BCUT2D eigenvalue weighted by Crippen LogP contribution is 2.31. The smallest absolute Gasteiger partial charge is 0.314 e. The summed E-state index contributed by atoms with van der Waals surface area (Å²) in [5, 5.41) is 24.7. The van der Waals surface area contributed by atoms with E-state index in [9.17, 15) is 23.3 Å². The van der Waals surface area contributed by atoms with E-state index in [0.717, 1.165) is 21.0 Å². The van der Waals surface area contributed by atoms with Gasteiger partial charge in [0.05, 0.1) is 36.5 Å². The predicted octanol–water partition coefficient (Wildman–Crippen LogP) is 2.22. The van der Waals surface area contributed by atoms with Crippen molar-refractivity contribution in [1.29, 1.82) is 10.5 Å². The molecule has 42 heavy (non-hydrogen) atoms. The van der Waals surface area contributed by atoms with E-state index in [-0.39, 0.29) is 24.7 Å². The van der Waals surface area contributed by atoms with Crippen molar-refractivity contribution in [3.8, 4) is 23.3 Å². The van der Waals surface area contributed by atoms with Crippen molar-refractivity contribution in [3.05, 3.63) is 83.8 Å². The fraction of sp³-hybridized carbons (Fsp3) is 0.172. The molecule has 0 spiro atoms. The fourth-order valence-corrected chi connectivity index (χ4v) is 6.26. The van der Waals surface area contributed by atoms with Gasteiger partial charge in [-0.1, -0.05) is 12.1 Å². The highest BCUT2D eigenvalue weighted by atomic mass is 32.2. The summed E-state index contributed by atoms with van der Waals surface area (Å²) in [6.07, 6.45) is 4.91. The van der Waals surface area contributed by atoms with Crippen LogP contribution in [0.5, 0.6) is 0 Å². The molecule has 3 heterocycles. The summed E-state index contributed by atoms with van der Waals surface area (Å²) in [6, 6.07) is 17.1. The van der Waals surface area contributed by atoms with Crippen LogP contribution in [0.3, 0.4) is 0 Å². The van der Waals surface area contributed by atoms with Gasteiger partial charge in [-0.15, -0.1) is 0 Å². The summed E-state index contributed by atoms with van der Waals surface area (Å²) in [5.41, 5.74) is 8.76. The van der Waals surface area contributed by atoms with Gasteiger partial charge in [-0.05, 0) is 65.4 Å². The maximum Gasteiger partial charge on any atom is 0.314 e. The molecule has 1 aliphatic heterocycles. The molecule has 1 aliphatic rings. The number of fused-ring (bicyclic) bond motifs is 1. The van der Waals surface area contributed by atoms with Gasteiger partial charge in [0, 0.05) is 35.2 Å². The molecule has 1 saturated heterocycles. The normalized spacial score (nSPS) is 14.3. The molecule has 2 amide bonds. The first kappa shape index (κ1) is 28.2. The Morgan fingerprint density at radius 1 is 1.07 bits per heavy atom. The summed E-state index contributed by atoms with van der Waals surface area (Å²) < 4.78 is 26.7. The zero-order chi connectivity index (χ0) is 30.1. The van der Waals surface area contributed by atoms with Gasteiger partial charge in [0.2, 0.25) is 10.0 Å². The zero-order valence-electron chi connectivity index (χ0n) is 22.3. The first-order valence-corrected chi connectivity index (χ1v) is 14.3. The lowest BCUT2D eigenvalue weighted by Gasteiger charge is -2.44. The number of hydrogen-bond donors (Lipinski definition) is 3. The number of nitriles is 2. The Hall–Kier alpha value is -5.37. The second-order valence-corrected chi connectivity index (χ2v) is 12.0. The van der Waals surface area contributed by atoms with Crippen molar-refractivity contribution in [3.63, 3.8) is 0 Å². The van der Waals surface area contributed by atoms with E-state index >= 15 is 0 Å². The van der Waals surface area contributed by atoms with E-state index in [1.807, 2.05) is 37.3 Å². The molecule has 12 nitrogen and oxygen atoms in total. The number of pyridine rings is 2. The third kappa shape index (κ3) is 5.60. The lowest BCUT2D eigenvalue weighted by molar-refractivity contribution is -0.137. The number of rotatable bonds is 6. The molecular formula is C29H24N8O4S. The van der Waals surface area contributed by atoms with Crippen LogP contribution in [-0.2, 0) is 25.4 Å². The van der Waals surface area contributed by atoms with Crippen LogP contribution in [0.15, 0.2) is 67.1 Å². The average molecular weight is 581 g/mol. The number of nitrogens with one attached hydrogen (secondary N) is 2. The minimum Gasteiger partial charge on any atom is -0.398 e. The molecule has 2 aromatic carbocycles. The van der Waals surface area contributed by atoms with Gasteiger partial charge in [0.1, 0.15) is 5.82 Å². The number of aromatic nitrogens is 2. The van der Waals surface area contributed by atoms with E-state index in [2.05, 4.69) is 20.6 Å². The lowest BCUT2D eigenvalue weighted by atomic mass is 9.94. The maximum absolute atomic E-state index is 12.8. The minimum absolute atomic E-state index is 0.0911. The number of benzene rings is 2. The minimum atomic E-state index is -3.81. The number of nitrogens with two attached hydrogens (primary N) is 1. The quantitative estimate of drug-likeness (QED) is 0.226. The van der Waals surface area contributed by atoms with Gasteiger partial charge in [-0.25, -0.2) is 13.4 Å². The van der Waals surface area contributed by atoms with Gasteiger partial charge >= 0.3 is 11.8 Å². The number of carbonyl (C=O) groups excluding carboxylic acids is 2. The Labute approximate surface area is 241 Å².